The van der Waals surface area contributed by atoms with Crippen LogP contribution < -0.4 is 5.43 Å². The number of carbonyl (C=O) groups excluding carboxylic acids is 1. The molecule has 0 saturated carbocycles. The first kappa shape index (κ1) is 13.5. The Bertz CT molecular complexity index is 810. The molecular formula is C16H13N3OS. The number of thiophene rings is 1. The van der Waals surface area contributed by atoms with E-state index in [9.17, 15) is 4.79 Å². The molecule has 0 aliphatic carbocycles. The van der Waals surface area contributed by atoms with Crippen molar-refractivity contribution in [2.45, 2.75) is 6.92 Å². The molecule has 0 aliphatic rings. The molecule has 0 spiro atoms. The standard InChI is InChI=1S/C16H13N3OS/c1-11-14(9-12-5-2-3-7-15(12)18-11)16(20)19-17-10-13-6-4-8-21-13/h2-10H,1H3,(H,19,20)/b17-10+. The van der Waals surface area contributed by atoms with E-state index < -0.39 is 0 Å². The molecule has 0 radical (unpaired) electrons. The van der Waals surface area contributed by atoms with Gasteiger partial charge in [0.2, 0.25) is 0 Å². The first-order valence-electron chi connectivity index (χ1n) is 6.47. The van der Waals surface area contributed by atoms with Gasteiger partial charge in [-0.25, -0.2) is 5.43 Å². The molecule has 3 aromatic rings. The quantitative estimate of drug-likeness (QED) is 0.595. The molecule has 0 unspecified atom stereocenters. The molecule has 0 saturated heterocycles. The maximum atomic E-state index is 12.2. The second-order valence-electron chi connectivity index (χ2n) is 4.53. The third-order valence-electron chi connectivity index (χ3n) is 3.06. The van der Waals surface area contributed by atoms with Gasteiger partial charge >= 0.3 is 0 Å². The lowest BCUT2D eigenvalue weighted by atomic mass is 10.1. The summed E-state index contributed by atoms with van der Waals surface area (Å²) in [6, 6.07) is 13.4. The molecule has 0 bridgehead atoms. The number of benzene rings is 1. The van der Waals surface area contributed by atoms with Gasteiger partial charge in [0.15, 0.2) is 0 Å². The summed E-state index contributed by atoms with van der Waals surface area (Å²) in [4.78, 5) is 17.6. The van der Waals surface area contributed by atoms with Gasteiger partial charge < -0.3 is 0 Å². The predicted molar refractivity (Wildman–Crippen MR) is 85.9 cm³/mol. The van der Waals surface area contributed by atoms with E-state index in [1.54, 1.807) is 17.6 Å². The van der Waals surface area contributed by atoms with Gasteiger partial charge in [-0.2, -0.15) is 5.10 Å². The van der Waals surface area contributed by atoms with Crippen molar-refractivity contribution in [3.05, 3.63) is 64.0 Å². The number of rotatable bonds is 3. The van der Waals surface area contributed by atoms with Gasteiger partial charge in [0, 0.05) is 10.3 Å². The summed E-state index contributed by atoms with van der Waals surface area (Å²) in [5, 5.41) is 6.87. The maximum Gasteiger partial charge on any atom is 0.273 e. The number of carbonyl (C=O) groups is 1. The summed E-state index contributed by atoms with van der Waals surface area (Å²) in [5.74, 6) is -0.251. The van der Waals surface area contributed by atoms with Gasteiger partial charge in [-0.15, -0.1) is 11.3 Å². The molecule has 104 valence electrons. The number of aromatic nitrogens is 1. The first-order chi connectivity index (χ1) is 10.2. The second-order valence-corrected chi connectivity index (χ2v) is 5.51. The molecule has 3 rings (SSSR count). The van der Waals surface area contributed by atoms with Crippen LogP contribution in [0, 0.1) is 6.92 Å². The molecule has 0 aliphatic heterocycles. The average Bonchev–Trinajstić information content (AvgIpc) is 2.99. The zero-order valence-electron chi connectivity index (χ0n) is 11.4. The molecule has 1 amide bonds. The first-order valence-corrected chi connectivity index (χ1v) is 7.35. The number of hydrogen-bond donors (Lipinski definition) is 1. The van der Waals surface area contributed by atoms with E-state index in [0.717, 1.165) is 15.8 Å². The Hall–Kier alpha value is -2.53. The van der Waals surface area contributed by atoms with Crippen molar-refractivity contribution in [3.63, 3.8) is 0 Å². The summed E-state index contributed by atoms with van der Waals surface area (Å²) in [6.07, 6.45) is 1.63. The predicted octanol–water partition coefficient (Wildman–Crippen LogP) is 3.37. The van der Waals surface area contributed by atoms with Crippen LogP contribution in [0.2, 0.25) is 0 Å². The average molecular weight is 295 g/mol. The number of pyridine rings is 1. The Balaban J connectivity index is 1.82. The van der Waals surface area contributed by atoms with E-state index in [4.69, 9.17) is 0 Å². The molecule has 0 fully saturated rings. The lowest BCUT2D eigenvalue weighted by Crippen LogP contribution is -2.19. The summed E-state index contributed by atoms with van der Waals surface area (Å²) in [5.41, 5.74) is 4.65. The number of nitrogens with one attached hydrogen (secondary N) is 1. The van der Waals surface area contributed by atoms with E-state index in [1.807, 2.05) is 54.8 Å². The molecule has 21 heavy (non-hydrogen) atoms. The molecule has 4 nitrogen and oxygen atoms in total. The highest BCUT2D eigenvalue weighted by Crippen LogP contribution is 2.16. The molecule has 2 aromatic heterocycles. The fourth-order valence-corrected chi connectivity index (χ4v) is 2.61. The number of para-hydroxylation sites is 1. The van der Waals surface area contributed by atoms with Crippen LogP contribution in [0.5, 0.6) is 0 Å². The van der Waals surface area contributed by atoms with Crippen LogP contribution in [-0.2, 0) is 0 Å². The van der Waals surface area contributed by atoms with Crippen LogP contribution >= 0.6 is 11.3 Å². The van der Waals surface area contributed by atoms with Gasteiger partial charge in [0.1, 0.15) is 0 Å². The summed E-state index contributed by atoms with van der Waals surface area (Å²) in [7, 11) is 0. The Kier molecular flexibility index (Phi) is 3.75. The van der Waals surface area contributed by atoms with Crippen LogP contribution in [0.3, 0.4) is 0 Å². The fourth-order valence-electron chi connectivity index (χ4n) is 2.02. The molecule has 1 aromatic carbocycles. The van der Waals surface area contributed by atoms with Crippen molar-refractivity contribution in [2.24, 2.45) is 5.10 Å². The highest BCUT2D eigenvalue weighted by Gasteiger charge is 2.10. The van der Waals surface area contributed by atoms with Crippen LogP contribution in [0.15, 0.2) is 52.9 Å². The Morgan fingerprint density at radius 3 is 2.95 bits per heavy atom. The third kappa shape index (κ3) is 2.98. The summed E-state index contributed by atoms with van der Waals surface area (Å²) in [6.45, 7) is 1.82. The van der Waals surface area contributed by atoms with E-state index in [1.165, 1.54) is 0 Å². The van der Waals surface area contributed by atoms with Gasteiger partial charge in [-0.05, 0) is 30.5 Å². The normalized spacial score (nSPS) is 11.1. The van der Waals surface area contributed by atoms with E-state index in [0.29, 0.717) is 11.3 Å². The SMILES string of the molecule is Cc1nc2ccccc2cc1C(=O)N/N=C/c1cccs1. The van der Waals surface area contributed by atoms with Crippen molar-refractivity contribution in [1.82, 2.24) is 10.4 Å². The maximum absolute atomic E-state index is 12.2. The molecule has 0 atom stereocenters. The number of aryl methyl sites for hydroxylation is 1. The monoisotopic (exact) mass is 295 g/mol. The van der Waals surface area contributed by atoms with Gasteiger partial charge in [-0.3, -0.25) is 9.78 Å². The Morgan fingerprint density at radius 1 is 1.29 bits per heavy atom. The number of nitrogens with zero attached hydrogens (tertiary/aromatic N) is 2. The van der Waals surface area contributed by atoms with Gasteiger partial charge in [0.25, 0.3) is 5.91 Å². The second kappa shape index (κ2) is 5.85. The number of hydrazone groups is 1. The number of fused-ring (bicyclic) bond motifs is 1. The number of hydrogen-bond acceptors (Lipinski definition) is 4. The van der Waals surface area contributed by atoms with Crippen molar-refractivity contribution in [3.8, 4) is 0 Å². The topological polar surface area (TPSA) is 54.4 Å². The third-order valence-corrected chi connectivity index (χ3v) is 3.87. The molecule has 5 heteroatoms. The zero-order chi connectivity index (χ0) is 14.7. The minimum atomic E-state index is -0.251. The van der Waals surface area contributed by atoms with E-state index in [-0.39, 0.29) is 5.91 Å². The Morgan fingerprint density at radius 2 is 2.14 bits per heavy atom. The van der Waals surface area contributed by atoms with Crippen molar-refractivity contribution >= 4 is 34.4 Å². The van der Waals surface area contributed by atoms with Crippen molar-refractivity contribution < 1.29 is 4.79 Å². The lowest BCUT2D eigenvalue weighted by Gasteiger charge is -2.05. The smallest absolute Gasteiger partial charge is 0.267 e. The van der Waals surface area contributed by atoms with Crippen LogP contribution in [0.1, 0.15) is 20.9 Å². The highest BCUT2D eigenvalue weighted by atomic mass is 32.1. The summed E-state index contributed by atoms with van der Waals surface area (Å²) >= 11 is 1.56. The number of amides is 1. The molecule has 2 heterocycles. The van der Waals surface area contributed by atoms with Crippen LogP contribution in [0.25, 0.3) is 10.9 Å². The molecular weight excluding hydrogens is 282 g/mol. The van der Waals surface area contributed by atoms with Crippen LogP contribution in [0.4, 0.5) is 0 Å². The van der Waals surface area contributed by atoms with Crippen molar-refractivity contribution in [2.75, 3.05) is 0 Å². The van der Waals surface area contributed by atoms with Gasteiger partial charge in [-0.1, -0.05) is 24.3 Å². The fraction of sp³-hybridized carbons (Fsp3) is 0.0625. The largest absolute Gasteiger partial charge is 0.273 e. The van der Waals surface area contributed by atoms with E-state index in [2.05, 4.69) is 15.5 Å². The van der Waals surface area contributed by atoms with Crippen LogP contribution in [-0.4, -0.2) is 17.1 Å². The van der Waals surface area contributed by atoms with E-state index >= 15 is 0 Å². The van der Waals surface area contributed by atoms with Gasteiger partial charge in [0.05, 0.1) is 23.0 Å². The Labute approximate surface area is 126 Å². The minimum Gasteiger partial charge on any atom is -0.267 e. The summed E-state index contributed by atoms with van der Waals surface area (Å²) < 4.78 is 0. The van der Waals surface area contributed by atoms with Crippen molar-refractivity contribution in [1.29, 1.82) is 0 Å². The zero-order valence-corrected chi connectivity index (χ0v) is 12.2. The minimum absolute atomic E-state index is 0.251. The highest BCUT2D eigenvalue weighted by molar-refractivity contribution is 7.11. The lowest BCUT2D eigenvalue weighted by molar-refractivity contribution is 0.0954. The molecule has 1 N–H and O–H groups in total.